The van der Waals surface area contributed by atoms with Crippen LogP contribution in [0.2, 0.25) is 0 Å². The van der Waals surface area contributed by atoms with Gasteiger partial charge in [0.25, 0.3) is 0 Å². The fraction of sp³-hybridized carbons (Fsp3) is 0.571. The van der Waals surface area contributed by atoms with E-state index < -0.39 is 0 Å². The zero-order valence-electron chi connectivity index (χ0n) is 9.99. The first kappa shape index (κ1) is 11.6. The van der Waals surface area contributed by atoms with Crippen LogP contribution in [0.15, 0.2) is 24.3 Å². The van der Waals surface area contributed by atoms with Crippen LogP contribution in [0.1, 0.15) is 36.9 Å². The molecule has 1 saturated heterocycles. The Hall–Kier alpha value is -0.860. The lowest BCUT2D eigenvalue weighted by atomic mass is 9.88. The van der Waals surface area contributed by atoms with Crippen molar-refractivity contribution in [3.63, 3.8) is 0 Å². The molecule has 0 bridgehead atoms. The summed E-state index contributed by atoms with van der Waals surface area (Å²) in [6, 6.07) is 8.77. The molecule has 0 saturated carbocycles. The van der Waals surface area contributed by atoms with Gasteiger partial charge in [-0.3, -0.25) is 0 Å². The van der Waals surface area contributed by atoms with Crippen molar-refractivity contribution in [1.29, 1.82) is 0 Å². The van der Waals surface area contributed by atoms with Gasteiger partial charge in [0.05, 0.1) is 6.61 Å². The van der Waals surface area contributed by atoms with Crippen molar-refractivity contribution in [1.82, 2.24) is 0 Å². The number of aryl methyl sites for hydroxylation is 1. The molecule has 0 amide bonds. The molecule has 1 aliphatic heterocycles. The Morgan fingerprint density at radius 3 is 3.06 bits per heavy atom. The molecular formula is C14H21NO. The second-order valence-electron chi connectivity index (χ2n) is 4.60. The first-order valence-corrected chi connectivity index (χ1v) is 6.23. The monoisotopic (exact) mass is 219 g/mol. The predicted octanol–water partition coefficient (Wildman–Crippen LogP) is 2.68. The van der Waals surface area contributed by atoms with Gasteiger partial charge in [0, 0.05) is 18.6 Å². The minimum Gasteiger partial charge on any atom is -0.381 e. The Kier molecular flexibility index (Phi) is 3.97. The molecule has 0 radical (unpaired) electrons. The first-order valence-electron chi connectivity index (χ1n) is 6.23. The Morgan fingerprint density at radius 2 is 2.38 bits per heavy atom. The molecule has 2 nitrogen and oxygen atoms in total. The summed E-state index contributed by atoms with van der Waals surface area (Å²) in [6.45, 7) is 3.89. The molecule has 0 aromatic heterocycles. The molecule has 2 unspecified atom stereocenters. The van der Waals surface area contributed by atoms with Crippen molar-refractivity contribution in [2.75, 3.05) is 13.2 Å². The van der Waals surface area contributed by atoms with E-state index in [0.29, 0.717) is 5.92 Å². The van der Waals surface area contributed by atoms with E-state index in [1.165, 1.54) is 17.5 Å². The van der Waals surface area contributed by atoms with Gasteiger partial charge in [-0.2, -0.15) is 0 Å². The lowest BCUT2D eigenvalue weighted by Crippen LogP contribution is -2.29. The Morgan fingerprint density at radius 1 is 1.50 bits per heavy atom. The van der Waals surface area contributed by atoms with Crippen molar-refractivity contribution >= 4 is 0 Å². The van der Waals surface area contributed by atoms with Gasteiger partial charge in [-0.05, 0) is 30.4 Å². The fourth-order valence-electron chi connectivity index (χ4n) is 2.34. The van der Waals surface area contributed by atoms with Gasteiger partial charge in [0.15, 0.2) is 0 Å². The second-order valence-corrected chi connectivity index (χ2v) is 4.60. The molecule has 2 rings (SSSR count). The SMILES string of the molecule is CCc1cccc(C(N)C2CCCOC2)c1. The van der Waals surface area contributed by atoms with Gasteiger partial charge in [-0.1, -0.05) is 31.2 Å². The van der Waals surface area contributed by atoms with Crippen molar-refractivity contribution in [3.8, 4) is 0 Å². The molecule has 1 aromatic rings. The van der Waals surface area contributed by atoms with Crippen LogP contribution in [-0.4, -0.2) is 13.2 Å². The minimum absolute atomic E-state index is 0.131. The highest BCUT2D eigenvalue weighted by Gasteiger charge is 2.22. The summed E-state index contributed by atoms with van der Waals surface area (Å²) >= 11 is 0. The van der Waals surface area contributed by atoms with Crippen LogP contribution in [0.25, 0.3) is 0 Å². The van der Waals surface area contributed by atoms with Crippen LogP contribution < -0.4 is 5.73 Å². The molecule has 2 atom stereocenters. The van der Waals surface area contributed by atoms with E-state index >= 15 is 0 Å². The maximum Gasteiger partial charge on any atom is 0.0512 e. The molecule has 2 N–H and O–H groups in total. The average Bonchev–Trinajstić information content (AvgIpc) is 2.39. The van der Waals surface area contributed by atoms with Crippen molar-refractivity contribution < 1.29 is 4.74 Å². The normalized spacial score (nSPS) is 23.0. The molecule has 0 spiro atoms. The van der Waals surface area contributed by atoms with Gasteiger partial charge >= 0.3 is 0 Å². The summed E-state index contributed by atoms with van der Waals surface area (Å²) < 4.78 is 5.50. The quantitative estimate of drug-likeness (QED) is 0.848. The largest absolute Gasteiger partial charge is 0.381 e. The summed E-state index contributed by atoms with van der Waals surface area (Å²) in [4.78, 5) is 0. The highest BCUT2D eigenvalue weighted by atomic mass is 16.5. The summed E-state index contributed by atoms with van der Waals surface area (Å²) in [5.74, 6) is 0.487. The molecule has 1 fully saturated rings. The second kappa shape index (κ2) is 5.46. The van der Waals surface area contributed by atoms with Crippen LogP contribution >= 0.6 is 0 Å². The molecular weight excluding hydrogens is 198 g/mol. The first-order chi connectivity index (χ1) is 7.81. The topological polar surface area (TPSA) is 35.2 Å². The van der Waals surface area contributed by atoms with Gasteiger partial charge in [0.1, 0.15) is 0 Å². The average molecular weight is 219 g/mol. The lowest BCUT2D eigenvalue weighted by Gasteiger charge is -2.28. The maximum absolute atomic E-state index is 6.31. The molecule has 1 aliphatic rings. The number of nitrogens with two attached hydrogens (primary N) is 1. The molecule has 1 aromatic carbocycles. The maximum atomic E-state index is 6.31. The van der Waals surface area contributed by atoms with E-state index in [4.69, 9.17) is 10.5 Å². The smallest absolute Gasteiger partial charge is 0.0512 e. The molecule has 0 aliphatic carbocycles. The van der Waals surface area contributed by atoms with Crippen LogP contribution in [0.5, 0.6) is 0 Å². The summed E-state index contributed by atoms with van der Waals surface area (Å²) in [7, 11) is 0. The van der Waals surface area contributed by atoms with Crippen LogP contribution in [-0.2, 0) is 11.2 Å². The van der Waals surface area contributed by atoms with Crippen LogP contribution in [0.4, 0.5) is 0 Å². The third-order valence-corrected chi connectivity index (χ3v) is 3.45. The minimum atomic E-state index is 0.131. The Bertz CT molecular complexity index is 331. The van der Waals surface area contributed by atoms with E-state index in [-0.39, 0.29) is 6.04 Å². The number of benzene rings is 1. The highest BCUT2D eigenvalue weighted by Crippen LogP contribution is 2.27. The predicted molar refractivity (Wildman–Crippen MR) is 66.3 cm³/mol. The van der Waals surface area contributed by atoms with E-state index in [9.17, 15) is 0 Å². The molecule has 1 heterocycles. The third-order valence-electron chi connectivity index (χ3n) is 3.45. The third kappa shape index (κ3) is 2.63. The van der Waals surface area contributed by atoms with E-state index in [1.54, 1.807) is 0 Å². The number of hydrogen-bond donors (Lipinski definition) is 1. The summed E-state index contributed by atoms with van der Waals surface area (Å²) in [6.07, 6.45) is 3.41. The Balaban J connectivity index is 2.09. The van der Waals surface area contributed by atoms with E-state index in [1.807, 2.05) is 0 Å². The van der Waals surface area contributed by atoms with Crippen LogP contribution in [0.3, 0.4) is 0 Å². The van der Waals surface area contributed by atoms with E-state index in [2.05, 4.69) is 31.2 Å². The van der Waals surface area contributed by atoms with Gasteiger partial charge < -0.3 is 10.5 Å². The van der Waals surface area contributed by atoms with Gasteiger partial charge in [0.2, 0.25) is 0 Å². The van der Waals surface area contributed by atoms with Gasteiger partial charge in [-0.15, -0.1) is 0 Å². The summed E-state index contributed by atoms with van der Waals surface area (Å²) in [5, 5.41) is 0. The number of rotatable bonds is 3. The van der Waals surface area contributed by atoms with Crippen molar-refractivity contribution in [2.24, 2.45) is 11.7 Å². The lowest BCUT2D eigenvalue weighted by molar-refractivity contribution is 0.0447. The molecule has 2 heteroatoms. The van der Waals surface area contributed by atoms with Crippen molar-refractivity contribution in [3.05, 3.63) is 35.4 Å². The standard InChI is InChI=1S/C14H21NO/c1-2-11-5-3-6-12(9-11)14(15)13-7-4-8-16-10-13/h3,5-6,9,13-14H,2,4,7-8,10,15H2,1H3. The zero-order chi connectivity index (χ0) is 11.4. The Labute approximate surface area is 97.8 Å². The highest BCUT2D eigenvalue weighted by molar-refractivity contribution is 5.26. The number of hydrogen-bond acceptors (Lipinski definition) is 2. The fourth-order valence-corrected chi connectivity index (χ4v) is 2.34. The molecule has 88 valence electrons. The van der Waals surface area contributed by atoms with Crippen molar-refractivity contribution in [2.45, 2.75) is 32.2 Å². The summed E-state index contributed by atoms with van der Waals surface area (Å²) in [5.41, 5.74) is 8.94. The van der Waals surface area contributed by atoms with Crippen LogP contribution in [0, 0.1) is 5.92 Å². The number of ether oxygens (including phenoxy) is 1. The zero-order valence-corrected chi connectivity index (χ0v) is 9.99. The molecule has 16 heavy (non-hydrogen) atoms. The van der Waals surface area contributed by atoms with E-state index in [0.717, 1.165) is 26.1 Å². The van der Waals surface area contributed by atoms with Gasteiger partial charge in [-0.25, -0.2) is 0 Å².